The van der Waals surface area contributed by atoms with Crippen molar-refractivity contribution in [3.8, 4) is 5.75 Å². The van der Waals surface area contributed by atoms with Crippen molar-refractivity contribution in [2.24, 2.45) is 16.6 Å². The number of halogens is 1. The first-order valence-electron chi connectivity index (χ1n) is 13.9. The van der Waals surface area contributed by atoms with Gasteiger partial charge >= 0.3 is 0 Å². The molecule has 5 rings (SSSR count). The molecule has 3 aromatic rings. The fourth-order valence-corrected chi connectivity index (χ4v) is 5.58. The number of nitrogens with two attached hydrogens (primary N) is 1. The third kappa shape index (κ3) is 6.36. The Balaban J connectivity index is 1.36. The van der Waals surface area contributed by atoms with Gasteiger partial charge in [-0.2, -0.15) is 0 Å². The molecule has 2 heterocycles. The van der Waals surface area contributed by atoms with Gasteiger partial charge in [-0.15, -0.1) is 0 Å². The van der Waals surface area contributed by atoms with E-state index in [2.05, 4.69) is 32.6 Å². The number of hydrogen-bond acceptors (Lipinski definition) is 8. The van der Waals surface area contributed by atoms with Crippen molar-refractivity contribution in [3.05, 3.63) is 81.8 Å². The number of carbonyl (C=O) groups is 1. The van der Waals surface area contributed by atoms with E-state index < -0.39 is 0 Å². The third-order valence-corrected chi connectivity index (χ3v) is 8.10. The second kappa shape index (κ2) is 12.7. The summed E-state index contributed by atoms with van der Waals surface area (Å²) in [5.41, 5.74) is 12.4. The van der Waals surface area contributed by atoms with E-state index in [1.54, 1.807) is 32.4 Å². The molecule has 0 atom stereocenters. The molecule has 0 bridgehead atoms. The number of fused-ring (bicyclic) bond motifs is 1. The van der Waals surface area contributed by atoms with Crippen LogP contribution >= 0.6 is 11.6 Å². The number of methoxy groups -OCH3 is 1. The first-order valence-corrected chi connectivity index (χ1v) is 14.2. The van der Waals surface area contributed by atoms with Gasteiger partial charge in [0.15, 0.2) is 0 Å². The van der Waals surface area contributed by atoms with Crippen molar-refractivity contribution in [2.45, 2.75) is 25.7 Å². The van der Waals surface area contributed by atoms with Crippen LogP contribution in [0.1, 0.15) is 46.4 Å². The van der Waals surface area contributed by atoms with Crippen molar-refractivity contribution in [1.29, 1.82) is 0 Å². The van der Waals surface area contributed by atoms with Gasteiger partial charge in [-0.25, -0.2) is 9.97 Å². The van der Waals surface area contributed by atoms with E-state index in [1.165, 1.54) is 0 Å². The fourth-order valence-electron chi connectivity index (χ4n) is 5.36. The number of aromatic nitrogens is 2. The van der Waals surface area contributed by atoms with E-state index in [-0.39, 0.29) is 5.91 Å². The van der Waals surface area contributed by atoms with Crippen LogP contribution in [0.4, 0.5) is 11.6 Å². The number of hydrogen-bond donors (Lipinski definition) is 3. The first-order chi connectivity index (χ1) is 19.9. The Morgan fingerprint density at radius 1 is 1.20 bits per heavy atom. The van der Waals surface area contributed by atoms with Gasteiger partial charge < -0.3 is 26.0 Å². The van der Waals surface area contributed by atoms with Crippen molar-refractivity contribution in [1.82, 2.24) is 20.2 Å². The number of allylic oxidation sites excluding steroid dienone is 2. The molecule has 0 unspecified atom stereocenters. The molecule has 41 heavy (non-hydrogen) atoms. The zero-order valence-corrected chi connectivity index (χ0v) is 24.5. The number of carbonyl (C=O) groups excluding carboxylic acids is 1. The highest BCUT2D eigenvalue weighted by atomic mass is 35.5. The summed E-state index contributed by atoms with van der Waals surface area (Å²) in [5.74, 6) is 1.28. The topological polar surface area (TPSA) is 118 Å². The second-order valence-corrected chi connectivity index (χ2v) is 10.9. The normalized spacial score (nSPS) is 16.3. The Morgan fingerprint density at radius 2 is 1.98 bits per heavy atom. The summed E-state index contributed by atoms with van der Waals surface area (Å²) < 4.78 is 5.63. The molecule has 1 aliphatic heterocycles. The highest BCUT2D eigenvalue weighted by Crippen LogP contribution is 2.34. The van der Waals surface area contributed by atoms with E-state index in [1.807, 2.05) is 30.5 Å². The van der Waals surface area contributed by atoms with Crippen molar-refractivity contribution < 1.29 is 9.53 Å². The summed E-state index contributed by atoms with van der Waals surface area (Å²) in [5, 5.41) is 6.93. The molecular weight excluding hydrogens is 538 g/mol. The maximum absolute atomic E-state index is 12.9. The Bertz CT molecular complexity index is 1500. The number of amides is 1. The Kier molecular flexibility index (Phi) is 8.85. The lowest BCUT2D eigenvalue weighted by Gasteiger charge is -2.28. The number of likely N-dealkylation sites (tertiary alicyclic amines) is 1. The maximum atomic E-state index is 12.9. The average molecular weight is 574 g/mol. The quantitative estimate of drug-likeness (QED) is 0.335. The predicted molar refractivity (Wildman–Crippen MR) is 164 cm³/mol. The minimum atomic E-state index is -0.116. The monoisotopic (exact) mass is 573 g/mol. The molecule has 2 aromatic carbocycles. The molecular formula is C31H36ClN7O2. The van der Waals surface area contributed by atoms with E-state index in [0.717, 1.165) is 54.7 Å². The lowest BCUT2D eigenvalue weighted by atomic mass is 9.88. The molecule has 0 saturated carbocycles. The van der Waals surface area contributed by atoms with Gasteiger partial charge in [0, 0.05) is 47.2 Å². The number of benzene rings is 2. The molecule has 2 aliphatic rings. The number of nitrogens with zero attached hydrogens (tertiary/aromatic N) is 4. The number of piperidine rings is 1. The smallest absolute Gasteiger partial charge is 0.251 e. The SMILES string of the molecule is CN=C(C1=C(N)CCc2cnc(Nc3ccc(C(=O)NCC4CCN(C)CC4)cc3OC)nc21)c1ccccc1Cl. The lowest BCUT2D eigenvalue weighted by molar-refractivity contribution is 0.0938. The molecule has 10 heteroatoms. The summed E-state index contributed by atoms with van der Waals surface area (Å²) in [6.07, 6.45) is 5.41. The van der Waals surface area contributed by atoms with Gasteiger partial charge in [-0.1, -0.05) is 29.8 Å². The highest BCUT2D eigenvalue weighted by molar-refractivity contribution is 6.40. The van der Waals surface area contributed by atoms with Crippen LogP contribution in [-0.2, 0) is 6.42 Å². The van der Waals surface area contributed by atoms with E-state index >= 15 is 0 Å². The fraction of sp³-hybridized carbons (Fsp3) is 0.355. The molecule has 0 radical (unpaired) electrons. The molecule has 9 nitrogen and oxygen atoms in total. The molecule has 1 fully saturated rings. The minimum Gasteiger partial charge on any atom is -0.495 e. The summed E-state index contributed by atoms with van der Waals surface area (Å²) >= 11 is 6.53. The Labute approximate surface area is 245 Å². The number of anilines is 2. The van der Waals surface area contributed by atoms with Crippen LogP contribution < -0.4 is 21.1 Å². The van der Waals surface area contributed by atoms with Crippen LogP contribution in [0.25, 0.3) is 5.57 Å². The molecule has 0 spiro atoms. The van der Waals surface area contributed by atoms with Gasteiger partial charge in [0.05, 0.1) is 24.2 Å². The van der Waals surface area contributed by atoms with Crippen LogP contribution in [0.2, 0.25) is 5.02 Å². The summed E-state index contributed by atoms with van der Waals surface area (Å²) in [6, 6.07) is 12.9. The van der Waals surface area contributed by atoms with Crippen LogP contribution in [0.3, 0.4) is 0 Å². The van der Waals surface area contributed by atoms with Crippen LogP contribution in [0.5, 0.6) is 5.75 Å². The largest absolute Gasteiger partial charge is 0.495 e. The Hall–Kier alpha value is -3.95. The summed E-state index contributed by atoms with van der Waals surface area (Å²) in [4.78, 5) is 29.2. The van der Waals surface area contributed by atoms with Gasteiger partial charge in [-0.05, 0) is 81.6 Å². The van der Waals surface area contributed by atoms with Gasteiger partial charge in [0.1, 0.15) is 5.75 Å². The minimum absolute atomic E-state index is 0.116. The Morgan fingerprint density at radius 3 is 2.71 bits per heavy atom. The molecule has 1 aliphatic carbocycles. The standard InChI is InChI=1S/C31H36ClN7O2/c1-34-29(22-6-4-5-7-23(22)32)27-24(33)10-8-21-18-36-31(38-28(21)27)37-25-11-9-20(16-26(25)41-3)30(40)35-17-19-12-14-39(2)15-13-19/h4-7,9,11,16,18-19H,8,10,12-15,17,33H2,1-3H3,(H,35,40)(H,36,37,38). The maximum Gasteiger partial charge on any atom is 0.251 e. The zero-order chi connectivity index (χ0) is 28.9. The van der Waals surface area contributed by atoms with Gasteiger partial charge in [-0.3, -0.25) is 9.79 Å². The van der Waals surface area contributed by atoms with Crippen LogP contribution in [-0.4, -0.2) is 67.3 Å². The summed E-state index contributed by atoms with van der Waals surface area (Å²) in [6.45, 7) is 2.81. The van der Waals surface area contributed by atoms with Crippen LogP contribution in [0.15, 0.2) is 59.4 Å². The van der Waals surface area contributed by atoms with E-state index in [9.17, 15) is 4.79 Å². The van der Waals surface area contributed by atoms with E-state index in [4.69, 9.17) is 27.1 Å². The van der Waals surface area contributed by atoms with E-state index in [0.29, 0.717) is 58.3 Å². The molecule has 1 aromatic heterocycles. The first kappa shape index (κ1) is 28.6. The number of aliphatic imine (C=N–C) groups is 1. The number of ether oxygens (including phenoxy) is 1. The zero-order valence-electron chi connectivity index (χ0n) is 23.7. The van der Waals surface area contributed by atoms with Crippen molar-refractivity contribution in [3.63, 3.8) is 0 Å². The lowest BCUT2D eigenvalue weighted by Crippen LogP contribution is -2.36. The van der Waals surface area contributed by atoms with Crippen molar-refractivity contribution >= 4 is 40.4 Å². The second-order valence-electron chi connectivity index (χ2n) is 10.5. The molecule has 214 valence electrons. The van der Waals surface area contributed by atoms with Gasteiger partial charge in [0.2, 0.25) is 5.95 Å². The molecule has 4 N–H and O–H groups in total. The molecule has 1 saturated heterocycles. The van der Waals surface area contributed by atoms with Gasteiger partial charge in [0.25, 0.3) is 5.91 Å². The summed E-state index contributed by atoms with van der Waals surface area (Å²) in [7, 11) is 5.43. The number of rotatable bonds is 8. The van der Waals surface area contributed by atoms with Crippen LogP contribution in [0, 0.1) is 5.92 Å². The number of nitrogens with one attached hydrogen (secondary N) is 2. The third-order valence-electron chi connectivity index (χ3n) is 7.78. The van der Waals surface area contributed by atoms with Crippen molar-refractivity contribution in [2.75, 3.05) is 46.2 Å². The predicted octanol–water partition coefficient (Wildman–Crippen LogP) is 4.69. The molecule has 1 amide bonds. The number of aryl methyl sites for hydroxylation is 1. The average Bonchev–Trinajstić information content (AvgIpc) is 2.99. The highest BCUT2D eigenvalue weighted by Gasteiger charge is 2.26.